The summed E-state index contributed by atoms with van der Waals surface area (Å²) >= 11 is 0. The van der Waals surface area contributed by atoms with Gasteiger partial charge in [0.25, 0.3) is 8.32 Å². The summed E-state index contributed by atoms with van der Waals surface area (Å²) in [5.41, 5.74) is 2.44. The molecule has 218 valence electrons. The second-order valence-corrected chi connectivity index (χ2v) is 16.9. The normalized spacial score (nSPS) is 22.0. The number of carboxylic acids is 1. The van der Waals surface area contributed by atoms with Gasteiger partial charge in [0.05, 0.1) is 18.1 Å². The molecule has 0 radical (unpaired) electrons. The number of carboxylic acid groups (broad SMARTS) is 1. The molecule has 3 aromatic carbocycles. The van der Waals surface area contributed by atoms with Crippen molar-refractivity contribution in [1.29, 1.82) is 0 Å². The average Bonchev–Trinajstić information content (AvgIpc) is 3.73. The molecule has 1 aromatic heterocycles. The fourth-order valence-electron chi connectivity index (χ4n) is 7.18. The number of hydrogen-bond acceptors (Lipinski definition) is 5. The van der Waals surface area contributed by atoms with E-state index in [1.54, 1.807) is 0 Å². The van der Waals surface area contributed by atoms with E-state index in [-0.39, 0.29) is 34.8 Å². The fraction of sp³-hybridized carbons (Fsp3) is 0.371. The van der Waals surface area contributed by atoms with Gasteiger partial charge in [-0.15, -0.1) is 0 Å². The first-order chi connectivity index (χ1) is 20.3. The predicted octanol–water partition coefficient (Wildman–Crippen LogP) is 6.00. The van der Waals surface area contributed by atoms with Crippen LogP contribution < -0.4 is 10.4 Å². The van der Waals surface area contributed by atoms with Crippen molar-refractivity contribution in [1.82, 2.24) is 4.98 Å². The number of carbonyl (C=O) groups is 1. The molecule has 7 heteroatoms. The van der Waals surface area contributed by atoms with Crippen molar-refractivity contribution in [2.24, 2.45) is 5.92 Å². The van der Waals surface area contributed by atoms with E-state index in [1.807, 2.05) is 0 Å². The van der Waals surface area contributed by atoms with Crippen LogP contribution in [0.1, 0.15) is 67.0 Å². The van der Waals surface area contributed by atoms with Gasteiger partial charge in [0.1, 0.15) is 6.26 Å². The van der Waals surface area contributed by atoms with E-state index in [4.69, 9.17) is 13.6 Å². The lowest BCUT2D eigenvalue weighted by Gasteiger charge is -2.43. The molecule has 4 aromatic rings. The highest BCUT2D eigenvalue weighted by atomic mass is 28.4. The van der Waals surface area contributed by atoms with E-state index < -0.39 is 14.3 Å². The monoisotopic (exact) mass is 581 g/mol. The van der Waals surface area contributed by atoms with E-state index in [2.05, 4.69) is 111 Å². The number of aromatic carboxylic acids is 1. The fourth-order valence-corrected chi connectivity index (χ4v) is 11.7. The molecule has 6 nitrogen and oxygen atoms in total. The number of fused-ring (bicyclic) bond motifs is 2. The lowest BCUT2D eigenvalue weighted by Crippen LogP contribution is -2.66. The summed E-state index contributed by atoms with van der Waals surface area (Å²) in [6.45, 7) is 7.55. The topological polar surface area (TPSA) is 81.8 Å². The highest BCUT2D eigenvalue weighted by Crippen LogP contribution is 2.49. The van der Waals surface area contributed by atoms with Gasteiger partial charge in [-0.3, -0.25) is 0 Å². The molecular weight excluding hydrogens is 542 g/mol. The Morgan fingerprint density at radius 1 is 0.929 bits per heavy atom. The third-order valence-corrected chi connectivity index (χ3v) is 14.1. The molecule has 42 heavy (non-hydrogen) atoms. The molecule has 2 fully saturated rings. The van der Waals surface area contributed by atoms with Gasteiger partial charge in [-0.25, -0.2) is 9.78 Å². The van der Waals surface area contributed by atoms with Gasteiger partial charge in [-0.2, -0.15) is 0 Å². The van der Waals surface area contributed by atoms with Gasteiger partial charge < -0.3 is 18.7 Å². The van der Waals surface area contributed by atoms with Crippen LogP contribution in [0.4, 0.5) is 0 Å². The van der Waals surface area contributed by atoms with Gasteiger partial charge >= 0.3 is 5.97 Å². The molecule has 2 aliphatic rings. The van der Waals surface area contributed by atoms with Crippen LogP contribution in [0.2, 0.25) is 5.04 Å². The Morgan fingerprint density at radius 2 is 1.57 bits per heavy atom. The number of benzene rings is 3. The minimum absolute atomic E-state index is 0.0287. The molecule has 0 aliphatic carbocycles. The van der Waals surface area contributed by atoms with Crippen LogP contribution in [0, 0.1) is 5.92 Å². The van der Waals surface area contributed by atoms with E-state index in [0.717, 1.165) is 25.7 Å². The van der Waals surface area contributed by atoms with E-state index in [9.17, 15) is 9.90 Å². The Bertz CT molecular complexity index is 1470. The van der Waals surface area contributed by atoms with Gasteiger partial charge in [-0.1, -0.05) is 106 Å². The van der Waals surface area contributed by atoms with Crippen molar-refractivity contribution in [3.8, 4) is 0 Å². The van der Waals surface area contributed by atoms with Crippen molar-refractivity contribution in [2.45, 2.75) is 69.6 Å². The van der Waals surface area contributed by atoms with Crippen LogP contribution in [0.25, 0.3) is 0 Å². The number of aromatic nitrogens is 1. The molecule has 0 saturated carbocycles. The Balaban J connectivity index is 1.20. The molecule has 6 rings (SSSR count). The first-order valence-electron chi connectivity index (χ1n) is 14.9. The van der Waals surface area contributed by atoms with Crippen LogP contribution >= 0.6 is 0 Å². The maximum atomic E-state index is 11.4. The highest BCUT2D eigenvalue weighted by Gasteiger charge is 2.52. The molecule has 0 spiro atoms. The number of ether oxygens (including phenoxy) is 1. The van der Waals surface area contributed by atoms with Crippen molar-refractivity contribution in [3.05, 3.63) is 114 Å². The predicted molar refractivity (Wildman–Crippen MR) is 165 cm³/mol. The summed E-state index contributed by atoms with van der Waals surface area (Å²) in [4.78, 5) is 15.7. The van der Waals surface area contributed by atoms with E-state index in [1.165, 1.54) is 27.8 Å². The summed E-state index contributed by atoms with van der Waals surface area (Å²) in [6, 6.07) is 30.3. The molecular formula is C35H39NO5Si. The lowest BCUT2D eigenvalue weighted by molar-refractivity contribution is 0.0690. The standard InChI is InChI=1S/C35H39NO5Si/c1-35(2,3)42(26-13-6-4-7-14-26,27-15-8-5-9-16-27)40-20-19-24-11-10-12-25(21-24)22-28-30-17-18-31(41-30)32(28)33-36-29(23-39-33)34(37)38/h4-16,21,23,28,30-32H,17-20,22H2,1-3H3,(H,37,38). The van der Waals surface area contributed by atoms with Crippen molar-refractivity contribution >= 4 is 24.7 Å². The third kappa shape index (κ3) is 5.37. The average molecular weight is 582 g/mol. The third-order valence-electron chi connectivity index (χ3n) is 9.04. The largest absolute Gasteiger partial charge is 0.476 e. The maximum absolute atomic E-state index is 11.4. The zero-order valence-electron chi connectivity index (χ0n) is 24.5. The molecule has 4 atom stereocenters. The summed E-state index contributed by atoms with van der Waals surface area (Å²) in [6.07, 6.45) is 5.04. The van der Waals surface area contributed by atoms with Crippen molar-refractivity contribution in [2.75, 3.05) is 6.61 Å². The van der Waals surface area contributed by atoms with Crippen LogP contribution in [0.3, 0.4) is 0 Å². The molecule has 4 unspecified atom stereocenters. The Labute approximate surface area is 248 Å². The zero-order valence-corrected chi connectivity index (χ0v) is 25.5. The van der Waals surface area contributed by atoms with Gasteiger partial charge in [0.2, 0.25) is 5.89 Å². The molecule has 0 amide bonds. The van der Waals surface area contributed by atoms with Crippen LogP contribution in [-0.4, -0.2) is 43.2 Å². The number of nitrogens with zero attached hydrogens (tertiary/aromatic N) is 1. The second kappa shape index (κ2) is 11.6. The second-order valence-electron chi connectivity index (χ2n) is 12.6. The quantitative estimate of drug-likeness (QED) is 0.232. The number of oxazole rings is 1. The SMILES string of the molecule is CC(C)(C)[Si](OCCc1cccc(CC2C3CCC(O3)C2c2nc(C(=O)O)co2)c1)(c1ccccc1)c1ccccc1. The summed E-state index contributed by atoms with van der Waals surface area (Å²) in [5, 5.41) is 11.9. The first-order valence-corrected chi connectivity index (χ1v) is 16.8. The van der Waals surface area contributed by atoms with Gasteiger partial charge in [0.15, 0.2) is 5.69 Å². The maximum Gasteiger partial charge on any atom is 0.357 e. The molecule has 2 aliphatic heterocycles. The van der Waals surface area contributed by atoms with Crippen molar-refractivity contribution < 1.29 is 23.5 Å². The molecule has 2 bridgehead atoms. The molecule has 2 saturated heterocycles. The Kier molecular flexibility index (Phi) is 7.92. The Hall–Kier alpha value is -3.52. The lowest BCUT2D eigenvalue weighted by atomic mass is 9.76. The first kappa shape index (κ1) is 28.6. The number of hydrogen-bond donors (Lipinski definition) is 1. The number of rotatable bonds is 10. The van der Waals surface area contributed by atoms with Crippen LogP contribution in [0.5, 0.6) is 0 Å². The minimum Gasteiger partial charge on any atom is -0.476 e. The van der Waals surface area contributed by atoms with Gasteiger partial charge in [0, 0.05) is 12.5 Å². The summed E-state index contributed by atoms with van der Waals surface area (Å²) in [7, 11) is -2.58. The summed E-state index contributed by atoms with van der Waals surface area (Å²) in [5.74, 6) is -0.412. The minimum atomic E-state index is -2.58. The van der Waals surface area contributed by atoms with Crippen LogP contribution in [0.15, 0.2) is 95.6 Å². The van der Waals surface area contributed by atoms with Gasteiger partial charge in [-0.05, 0) is 52.2 Å². The molecule has 1 N–H and O–H groups in total. The summed E-state index contributed by atoms with van der Waals surface area (Å²) < 4.78 is 19.1. The smallest absolute Gasteiger partial charge is 0.357 e. The highest BCUT2D eigenvalue weighted by molar-refractivity contribution is 6.99. The Morgan fingerprint density at radius 3 is 2.19 bits per heavy atom. The molecule has 3 heterocycles. The van der Waals surface area contributed by atoms with E-state index >= 15 is 0 Å². The van der Waals surface area contributed by atoms with E-state index in [0.29, 0.717) is 12.5 Å². The van der Waals surface area contributed by atoms with Crippen molar-refractivity contribution in [3.63, 3.8) is 0 Å². The zero-order chi connectivity index (χ0) is 29.3. The van der Waals surface area contributed by atoms with Crippen LogP contribution in [-0.2, 0) is 22.0 Å².